The molecule has 0 spiro atoms. The normalized spacial score (nSPS) is 15.9. The van der Waals surface area contributed by atoms with E-state index < -0.39 is 21.9 Å². The smallest absolute Gasteiger partial charge is 0.335 e. The molecule has 7 nitrogen and oxygen atoms in total. The van der Waals surface area contributed by atoms with Gasteiger partial charge < -0.3 is 10.4 Å². The first-order valence-corrected chi connectivity index (χ1v) is 10.5. The number of sulfonamides is 1. The average Bonchev–Trinajstić information content (AvgIpc) is 2.68. The molecule has 0 atom stereocenters. The van der Waals surface area contributed by atoms with Crippen molar-refractivity contribution in [3.8, 4) is 0 Å². The highest BCUT2D eigenvalue weighted by atomic mass is 32.2. The van der Waals surface area contributed by atoms with E-state index in [1.165, 1.54) is 46.8 Å². The molecule has 0 radical (unpaired) electrons. The summed E-state index contributed by atoms with van der Waals surface area (Å²) >= 11 is 0. The van der Waals surface area contributed by atoms with Gasteiger partial charge in [0, 0.05) is 24.3 Å². The fourth-order valence-corrected chi connectivity index (χ4v) is 4.62. The van der Waals surface area contributed by atoms with E-state index in [4.69, 9.17) is 5.11 Å². The average molecular weight is 402 g/mol. The Kier molecular flexibility index (Phi) is 5.81. The minimum Gasteiger partial charge on any atom is -0.478 e. The summed E-state index contributed by atoms with van der Waals surface area (Å²) in [4.78, 5) is 23.7. The zero-order valence-electron chi connectivity index (χ0n) is 15.5. The number of piperidine rings is 1. The van der Waals surface area contributed by atoms with Crippen molar-refractivity contribution in [1.82, 2.24) is 4.31 Å². The summed E-state index contributed by atoms with van der Waals surface area (Å²) in [6, 6.07) is 11.7. The van der Waals surface area contributed by atoms with Gasteiger partial charge in [-0.05, 0) is 55.2 Å². The van der Waals surface area contributed by atoms with Crippen LogP contribution in [-0.2, 0) is 10.0 Å². The molecule has 1 aliphatic heterocycles. The first-order chi connectivity index (χ1) is 13.3. The minimum atomic E-state index is -3.66. The Labute approximate surface area is 164 Å². The standard InChI is InChI=1S/C20H22N2O5S/c1-14-8-10-22(11-9-14)28(26,27)18-7-3-4-15(13-18)19(23)21-17-6-2-5-16(12-17)20(24)25/h2-7,12-14H,8-11H2,1H3,(H,21,23)(H,24,25). The molecule has 3 rings (SSSR count). The van der Waals surface area contributed by atoms with Gasteiger partial charge in [0.05, 0.1) is 10.5 Å². The second kappa shape index (κ2) is 8.12. The summed E-state index contributed by atoms with van der Waals surface area (Å²) in [5, 5.41) is 11.6. The van der Waals surface area contributed by atoms with Crippen LogP contribution in [0.3, 0.4) is 0 Å². The van der Waals surface area contributed by atoms with Gasteiger partial charge in [-0.15, -0.1) is 0 Å². The first kappa shape index (κ1) is 20.0. The summed E-state index contributed by atoms with van der Waals surface area (Å²) < 4.78 is 27.2. The number of amides is 1. The van der Waals surface area contributed by atoms with Crippen LogP contribution in [-0.4, -0.2) is 42.8 Å². The molecule has 1 amide bonds. The summed E-state index contributed by atoms with van der Waals surface area (Å²) in [6.07, 6.45) is 1.64. The number of hydrogen-bond acceptors (Lipinski definition) is 4. The van der Waals surface area contributed by atoms with Crippen LogP contribution in [0.15, 0.2) is 53.4 Å². The van der Waals surface area contributed by atoms with Crippen molar-refractivity contribution < 1.29 is 23.1 Å². The molecular weight excluding hydrogens is 380 g/mol. The molecule has 148 valence electrons. The van der Waals surface area contributed by atoms with Crippen LogP contribution in [0.5, 0.6) is 0 Å². The number of carboxylic acids is 1. The Bertz CT molecular complexity index is 995. The van der Waals surface area contributed by atoms with Gasteiger partial charge in [-0.1, -0.05) is 19.1 Å². The van der Waals surface area contributed by atoms with E-state index in [9.17, 15) is 18.0 Å². The predicted molar refractivity (Wildman–Crippen MR) is 105 cm³/mol. The van der Waals surface area contributed by atoms with E-state index in [1.54, 1.807) is 6.07 Å². The Morgan fingerprint density at radius 3 is 2.36 bits per heavy atom. The molecule has 28 heavy (non-hydrogen) atoms. The largest absolute Gasteiger partial charge is 0.478 e. The highest BCUT2D eigenvalue weighted by Gasteiger charge is 2.28. The number of hydrogen-bond donors (Lipinski definition) is 2. The van der Waals surface area contributed by atoms with E-state index in [-0.39, 0.29) is 16.0 Å². The van der Waals surface area contributed by atoms with E-state index >= 15 is 0 Å². The molecule has 0 aliphatic carbocycles. The topological polar surface area (TPSA) is 104 Å². The molecule has 2 aromatic rings. The van der Waals surface area contributed by atoms with Gasteiger partial charge in [0.15, 0.2) is 0 Å². The van der Waals surface area contributed by atoms with Gasteiger partial charge in [0.2, 0.25) is 10.0 Å². The second-order valence-corrected chi connectivity index (χ2v) is 8.89. The van der Waals surface area contributed by atoms with Crippen molar-refractivity contribution in [2.75, 3.05) is 18.4 Å². The zero-order valence-corrected chi connectivity index (χ0v) is 16.3. The van der Waals surface area contributed by atoms with Crippen molar-refractivity contribution in [3.05, 3.63) is 59.7 Å². The first-order valence-electron chi connectivity index (χ1n) is 9.02. The molecule has 0 unspecified atom stereocenters. The number of nitrogens with zero attached hydrogens (tertiary/aromatic N) is 1. The molecular formula is C20H22N2O5S. The Balaban J connectivity index is 1.80. The minimum absolute atomic E-state index is 0.0495. The number of carbonyl (C=O) groups is 2. The molecule has 2 N–H and O–H groups in total. The van der Waals surface area contributed by atoms with Gasteiger partial charge in [-0.25, -0.2) is 13.2 Å². The van der Waals surface area contributed by atoms with Crippen molar-refractivity contribution in [3.63, 3.8) is 0 Å². The van der Waals surface area contributed by atoms with Gasteiger partial charge in [0.1, 0.15) is 0 Å². The maximum Gasteiger partial charge on any atom is 0.335 e. The summed E-state index contributed by atoms with van der Waals surface area (Å²) in [6.45, 7) is 3.05. The number of anilines is 1. The molecule has 1 fully saturated rings. The second-order valence-electron chi connectivity index (χ2n) is 6.95. The number of benzene rings is 2. The number of rotatable bonds is 5. The van der Waals surface area contributed by atoms with Crippen LogP contribution < -0.4 is 5.32 Å². The summed E-state index contributed by atoms with van der Waals surface area (Å²) in [5.41, 5.74) is 0.559. The van der Waals surface area contributed by atoms with Gasteiger partial charge >= 0.3 is 5.97 Å². The molecule has 8 heteroatoms. The van der Waals surface area contributed by atoms with Gasteiger partial charge in [0.25, 0.3) is 5.91 Å². The Morgan fingerprint density at radius 2 is 1.68 bits per heavy atom. The third kappa shape index (κ3) is 4.40. The molecule has 1 heterocycles. The highest BCUT2D eigenvalue weighted by molar-refractivity contribution is 7.89. The summed E-state index contributed by atoms with van der Waals surface area (Å²) in [7, 11) is -3.66. The van der Waals surface area contributed by atoms with Crippen LogP contribution in [0.1, 0.15) is 40.5 Å². The Hall–Kier alpha value is -2.71. The van der Waals surface area contributed by atoms with Gasteiger partial charge in [-0.3, -0.25) is 4.79 Å². The van der Waals surface area contributed by atoms with Crippen LogP contribution in [0.25, 0.3) is 0 Å². The molecule has 2 aromatic carbocycles. The fraction of sp³-hybridized carbons (Fsp3) is 0.300. The molecule has 1 aliphatic rings. The molecule has 1 saturated heterocycles. The maximum absolute atomic E-state index is 12.9. The van der Waals surface area contributed by atoms with Crippen LogP contribution >= 0.6 is 0 Å². The SMILES string of the molecule is CC1CCN(S(=O)(=O)c2cccc(C(=O)Nc3cccc(C(=O)O)c3)c2)CC1. The predicted octanol–water partition coefficient (Wildman–Crippen LogP) is 3.06. The lowest BCUT2D eigenvalue weighted by Gasteiger charge is -2.29. The maximum atomic E-state index is 12.9. The van der Waals surface area contributed by atoms with E-state index in [0.717, 1.165) is 12.8 Å². The van der Waals surface area contributed by atoms with Crippen LogP contribution in [0, 0.1) is 5.92 Å². The monoisotopic (exact) mass is 402 g/mol. The zero-order chi connectivity index (χ0) is 20.3. The lowest BCUT2D eigenvalue weighted by Crippen LogP contribution is -2.37. The highest BCUT2D eigenvalue weighted by Crippen LogP contribution is 2.24. The number of carbonyl (C=O) groups excluding carboxylic acids is 1. The quantitative estimate of drug-likeness (QED) is 0.800. The van der Waals surface area contributed by atoms with E-state index in [0.29, 0.717) is 24.7 Å². The van der Waals surface area contributed by atoms with Crippen LogP contribution in [0.4, 0.5) is 5.69 Å². The number of nitrogens with one attached hydrogen (secondary N) is 1. The van der Waals surface area contributed by atoms with E-state index in [2.05, 4.69) is 12.2 Å². The van der Waals surface area contributed by atoms with E-state index in [1.807, 2.05) is 0 Å². The van der Waals surface area contributed by atoms with Crippen molar-refractivity contribution in [2.45, 2.75) is 24.7 Å². The van der Waals surface area contributed by atoms with Gasteiger partial charge in [-0.2, -0.15) is 4.31 Å². The number of aromatic carboxylic acids is 1. The van der Waals surface area contributed by atoms with Crippen LogP contribution in [0.2, 0.25) is 0 Å². The van der Waals surface area contributed by atoms with Crippen molar-refractivity contribution >= 4 is 27.6 Å². The molecule has 0 bridgehead atoms. The van der Waals surface area contributed by atoms with Crippen molar-refractivity contribution in [1.29, 1.82) is 0 Å². The lowest BCUT2D eigenvalue weighted by atomic mass is 10.0. The fourth-order valence-electron chi connectivity index (χ4n) is 3.11. The Morgan fingerprint density at radius 1 is 1.04 bits per heavy atom. The number of carboxylic acid groups (broad SMARTS) is 1. The summed E-state index contributed by atoms with van der Waals surface area (Å²) in [5.74, 6) is -1.10. The lowest BCUT2D eigenvalue weighted by molar-refractivity contribution is 0.0696. The molecule has 0 saturated carbocycles. The third-order valence-electron chi connectivity index (χ3n) is 4.84. The van der Waals surface area contributed by atoms with Crippen molar-refractivity contribution in [2.24, 2.45) is 5.92 Å². The third-order valence-corrected chi connectivity index (χ3v) is 6.74. The molecule has 0 aromatic heterocycles.